The van der Waals surface area contributed by atoms with Crippen molar-refractivity contribution in [1.29, 1.82) is 0 Å². The standard InChI is InChI=1S/C14H20ClNO2.C3H8NO5P.K.H/c1-4-12-8-6-7-11(3)14(12)16(10-18-5-2)13(17)9-15;5-3(6)1-4-2-10(7,8)9;;/h6-8H,4-5,9-10H2,1-3H3;4H,1-2H2,(H,5,6)(H2,7,8,9);;/q;;+1;-1. The number of nitrogens with one attached hydrogen (secondary N) is 1. The molecule has 0 heterocycles. The zero-order chi connectivity index (χ0) is 21.7. The summed E-state index contributed by atoms with van der Waals surface area (Å²) in [6.07, 6.45) is 0.272. The molecule has 12 heteroatoms. The SMILES string of the molecule is CCOCN(C(=O)CCl)c1c(C)cccc1CC.O=C(O)CNCP(=O)(O)O.[H-].[K+]. The van der Waals surface area contributed by atoms with Crippen LogP contribution >= 0.6 is 19.2 Å². The van der Waals surface area contributed by atoms with Crippen molar-refractivity contribution in [1.82, 2.24) is 5.32 Å². The quantitative estimate of drug-likeness (QED) is 0.146. The van der Waals surface area contributed by atoms with Gasteiger partial charge in [-0.1, -0.05) is 25.1 Å². The number of anilines is 1. The largest absolute Gasteiger partial charge is 1.00 e. The number of aryl methyl sites for hydroxylation is 2. The van der Waals surface area contributed by atoms with Crippen molar-refractivity contribution in [2.45, 2.75) is 27.2 Å². The summed E-state index contributed by atoms with van der Waals surface area (Å²) in [5.74, 6) is -1.31. The Labute approximate surface area is 220 Å². The number of amides is 1. The number of carbonyl (C=O) groups is 2. The van der Waals surface area contributed by atoms with Gasteiger partial charge in [-0.15, -0.1) is 11.6 Å². The van der Waals surface area contributed by atoms with Gasteiger partial charge in [-0.25, -0.2) is 0 Å². The second-order valence-corrected chi connectivity index (χ2v) is 7.57. The Morgan fingerprint density at radius 1 is 1.31 bits per heavy atom. The molecule has 0 bridgehead atoms. The number of hydrogen-bond donors (Lipinski definition) is 4. The van der Waals surface area contributed by atoms with Crippen molar-refractivity contribution in [2.75, 3.05) is 36.9 Å². The van der Waals surface area contributed by atoms with E-state index in [-0.39, 0.29) is 71.3 Å². The number of aliphatic carboxylic acids is 1. The second-order valence-electron chi connectivity index (χ2n) is 5.66. The van der Waals surface area contributed by atoms with Crippen LogP contribution in [0.15, 0.2) is 18.2 Å². The topological polar surface area (TPSA) is 136 Å². The average Bonchev–Trinajstić information content (AvgIpc) is 2.61. The molecule has 0 fully saturated rings. The Morgan fingerprint density at radius 3 is 2.38 bits per heavy atom. The first kappa shape index (κ1) is 31.3. The summed E-state index contributed by atoms with van der Waals surface area (Å²) >= 11 is 5.68. The summed E-state index contributed by atoms with van der Waals surface area (Å²) in [7, 11) is -4.10. The van der Waals surface area contributed by atoms with E-state index in [0.717, 1.165) is 23.2 Å². The molecule has 1 aromatic carbocycles. The number of nitrogens with zero attached hydrogens (tertiary/aromatic N) is 1. The van der Waals surface area contributed by atoms with Gasteiger partial charge in [0.25, 0.3) is 0 Å². The van der Waals surface area contributed by atoms with E-state index in [1.165, 1.54) is 0 Å². The molecule has 1 amide bonds. The molecule has 0 aliphatic rings. The summed E-state index contributed by atoms with van der Waals surface area (Å²) in [5, 5.41) is 10.1. The van der Waals surface area contributed by atoms with Crippen molar-refractivity contribution < 1.29 is 86.6 Å². The maximum Gasteiger partial charge on any atom is 1.00 e. The first-order valence-electron chi connectivity index (χ1n) is 8.56. The number of carbonyl (C=O) groups excluding carboxylic acids is 1. The zero-order valence-electron chi connectivity index (χ0n) is 18.2. The van der Waals surface area contributed by atoms with Crippen LogP contribution in [0.1, 0.15) is 26.4 Å². The molecule has 1 aromatic rings. The van der Waals surface area contributed by atoms with Crippen LogP contribution in [0.4, 0.5) is 5.69 Å². The first-order chi connectivity index (χ1) is 13.1. The smallest absolute Gasteiger partial charge is 1.00 e. The number of para-hydroxylation sites is 1. The van der Waals surface area contributed by atoms with E-state index in [4.69, 9.17) is 31.2 Å². The normalized spacial score (nSPS) is 10.4. The van der Waals surface area contributed by atoms with E-state index in [1.54, 1.807) is 4.90 Å². The molecular formula is C17H29ClKN2O7P. The predicted octanol–water partition coefficient (Wildman–Crippen LogP) is -0.964. The van der Waals surface area contributed by atoms with Crippen LogP contribution in [0.5, 0.6) is 0 Å². The van der Waals surface area contributed by atoms with Gasteiger partial charge in [0.1, 0.15) is 12.6 Å². The van der Waals surface area contributed by atoms with Gasteiger partial charge in [0.05, 0.1) is 18.5 Å². The Bertz CT molecular complexity index is 694. The Balaban J connectivity index is -0.000000526. The third-order valence-electron chi connectivity index (χ3n) is 3.41. The fourth-order valence-corrected chi connectivity index (χ4v) is 2.76. The molecule has 0 aromatic heterocycles. The van der Waals surface area contributed by atoms with Gasteiger partial charge in [0, 0.05) is 6.61 Å². The van der Waals surface area contributed by atoms with Crippen LogP contribution in [0, 0.1) is 6.92 Å². The van der Waals surface area contributed by atoms with Crippen LogP contribution in [-0.4, -0.2) is 58.8 Å². The van der Waals surface area contributed by atoms with Gasteiger partial charge < -0.3 is 21.1 Å². The molecule has 0 atom stereocenters. The van der Waals surface area contributed by atoms with E-state index in [2.05, 4.69) is 12.2 Å². The molecule has 9 nitrogen and oxygen atoms in total. The van der Waals surface area contributed by atoms with E-state index >= 15 is 0 Å². The number of hydrogen-bond acceptors (Lipinski definition) is 5. The molecule has 0 saturated carbocycles. The number of benzene rings is 1. The molecule has 0 saturated heterocycles. The molecule has 29 heavy (non-hydrogen) atoms. The van der Waals surface area contributed by atoms with E-state index < -0.39 is 26.4 Å². The summed E-state index contributed by atoms with van der Waals surface area (Å²) in [6.45, 7) is 6.35. The van der Waals surface area contributed by atoms with Gasteiger partial charge in [-0.05, 0) is 31.4 Å². The number of alkyl halides is 1. The summed E-state index contributed by atoms with van der Waals surface area (Å²) in [5.41, 5.74) is 3.12. The fraction of sp³-hybridized carbons (Fsp3) is 0.529. The minimum atomic E-state index is -4.10. The molecule has 4 N–H and O–H groups in total. The molecule has 0 aliphatic heterocycles. The van der Waals surface area contributed by atoms with Gasteiger partial charge in [0.2, 0.25) is 5.91 Å². The van der Waals surface area contributed by atoms with E-state index in [0.29, 0.717) is 6.61 Å². The molecule has 1 rings (SSSR count). The van der Waals surface area contributed by atoms with Crippen molar-refractivity contribution >= 4 is 36.8 Å². The maximum atomic E-state index is 12.0. The first-order valence-corrected chi connectivity index (χ1v) is 10.9. The summed E-state index contributed by atoms with van der Waals surface area (Å²) in [6, 6.07) is 6.03. The number of rotatable bonds is 10. The zero-order valence-corrected chi connectivity index (χ0v) is 22.0. The number of carboxylic acids is 1. The van der Waals surface area contributed by atoms with Gasteiger partial charge in [-0.3, -0.25) is 24.4 Å². The molecule has 0 spiro atoms. The summed E-state index contributed by atoms with van der Waals surface area (Å²) in [4.78, 5) is 39.7. The number of halogens is 1. The molecule has 0 unspecified atom stereocenters. The minimum Gasteiger partial charge on any atom is -1.00 e. The van der Waals surface area contributed by atoms with Crippen molar-refractivity contribution in [3.05, 3.63) is 29.3 Å². The Hall–Kier alpha value is 0.156. The van der Waals surface area contributed by atoms with E-state index in [1.807, 2.05) is 32.0 Å². The van der Waals surface area contributed by atoms with Gasteiger partial charge in [0.15, 0.2) is 0 Å². The van der Waals surface area contributed by atoms with Gasteiger partial charge in [-0.2, -0.15) is 0 Å². The van der Waals surface area contributed by atoms with Crippen molar-refractivity contribution in [3.8, 4) is 0 Å². The van der Waals surface area contributed by atoms with Crippen molar-refractivity contribution in [3.63, 3.8) is 0 Å². The van der Waals surface area contributed by atoms with Crippen LogP contribution < -0.4 is 61.6 Å². The average molecular weight is 479 g/mol. The monoisotopic (exact) mass is 478 g/mol. The van der Waals surface area contributed by atoms with Crippen molar-refractivity contribution in [2.24, 2.45) is 0 Å². The maximum absolute atomic E-state index is 12.0. The second kappa shape index (κ2) is 16.8. The van der Waals surface area contributed by atoms with Crippen LogP contribution in [-0.2, 0) is 25.3 Å². The fourth-order valence-electron chi connectivity index (χ4n) is 2.22. The van der Waals surface area contributed by atoms with E-state index in [9.17, 15) is 14.2 Å². The van der Waals surface area contributed by atoms with Crippen LogP contribution in [0.25, 0.3) is 0 Å². The number of carboxylic acid groups (broad SMARTS) is 1. The van der Waals surface area contributed by atoms with Crippen LogP contribution in [0.2, 0.25) is 0 Å². The molecule has 0 radical (unpaired) electrons. The Morgan fingerprint density at radius 2 is 1.93 bits per heavy atom. The van der Waals surface area contributed by atoms with Crippen LogP contribution in [0.3, 0.4) is 0 Å². The molecule has 0 aliphatic carbocycles. The molecular weight excluding hydrogens is 450 g/mol. The third kappa shape index (κ3) is 14.0. The summed E-state index contributed by atoms with van der Waals surface area (Å²) < 4.78 is 15.4. The minimum absolute atomic E-state index is 0. The predicted molar refractivity (Wildman–Crippen MR) is 109 cm³/mol. The van der Waals surface area contributed by atoms with Gasteiger partial charge >= 0.3 is 64.9 Å². The third-order valence-corrected chi connectivity index (χ3v) is 4.27. The Kier molecular flexibility index (Phi) is 18.2. The number of ether oxygens (including phenoxy) is 1. The molecule has 162 valence electrons.